The van der Waals surface area contributed by atoms with Crippen LogP contribution < -0.4 is 5.32 Å². The molecule has 2 aliphatic rings. The van der Waals surface area contributed by atoms with Crippen LogP contribution in [0.25, 0.3) is 0 Å². The molecule has 0 saturated carbocycles. The Bertz CT molecular complexity index is 619. The monoisotopic (exact) mass is 320 g/mol. The van der Waals surface area contributed by atoms with E-state index in [1.54, 1.807) is 29.0 Å². The highest BCUT2D eigenvalue weighted by atomic mass is 16.6. The number of aromatic nitrogens is 2. The summed E-state index contributed by atoms with van der Waals surface area (Å²) in [5.41, 5.74) is 0.163. The highest BCUT2D eigenvalue weighted by Crippen LogP contribution is 2.42. The maximum Gasteiger partial charge on any atom is 0.410 e. The standard InChI is InChI=1S/C16H24N4O3/c1-16(2,3)23-15(22)20-11-5-6-13(20)12(7-11)14(21)18-10-8-17-19(4)9-10/h8-9,11-13H,5-7H2,1-4H3,(H,18,21). The smallest absolute Gasteiger partial charge is 0.410 e. The largest absolute Gasteiger partial charge is 0.444 e. The molecule has 0 aliphatic carbocycles. The zero-order valence-electron chi connectivity index (χ0n) is 14.1. The fourth-order valence-electron chi connectivity index (χ4n) is 3.59. The molecule has 3 rings (SSSR count). The molecule has 126 valence electrons. The first-order valence-corrected chi connectivity index (χ1v) is 8.05. The van der Waals surface area contributed by atoms with Gasteiger partial charge in [-0.2, -0.15) is 5.10 Å². The van der Waals surface area contributed by atoms with Crippen molar-refractivity contribution in [3.63, 3.8) is 0 Å². The average Bonchev–Trinajstić information content (AvgIpc) is 3.10. The van der Waals surface area contributed by atoms with Gasteiger partial charge < -0.3 is 15.0 Å². The Morgan fingerprint density at radius 3 is 2.70 bits per heavy atom. The van der Waals surface area contributed by atoms with Crippen LogP contribution in [0.1, 0.15) is 40.0 Å². The molecule has 0 radical (unpaired) electrons. The quantitative estimate of drug-likeness (QED) is 0.906. The van der Waals surface area contributed by atoms with Crippen molar-refractivity contribution >= 4 is 17.7 Å². The van der Waals surface area contributed by atoms with Crippen LogP contribution in [0.3, 0.4) is 0 Å². The molecule has 7 heteroatoms. The Labute approximate surface area is 136 Å². The maximum absolute atomic E-state index is 12.5. The first-order valence-electron chi connectivity index (χ1n) is 8.05. The Hall–Kier alpha value is -2.05. The van der Waals surface area contributed by atoms with Crippen molar-refractivity contribution in [1.29, 1.82) is 0 Å². The molecule has 1 N–H and O–H groups in total. The minimum atomic E-state index is -0.521. The average molecular weight is 320 g/mol. The number of carbonyl (C=O) groups is 2. The second kappa shape index (κ2) is 5.54. The van der Waals surface area contributed by atoms with Crippen LogP contribution in [0, 0.1) is 5.92 Å². The van der Waals surface area contributed by atoms with Crippen molar-refractivity contribution in [2.45, 2.75) is 57.7 Å². The number of anilines is 1. The van der Waals surface area contributed by atoms with Crippen molar-refractivity contribution in [2.75, 3.05) is 5.32 Å². The summed E-state index contributed by atoms with van der Waals surface area (Å²) in [5.74, 6) is -0.222. The van der Waals surface area contributed by atoms with Crippen molar-refractivity contribution in [3.05, 3.63) is 12.4 Å². The SMILES string of the molecule is Cn1cc(NC(=O)C2CC3CCC2N3C(=O)OC(C)(C)C)cn1. The third-order valence-electron chi connectivity index (χ3n) is 4.45. The Morgan fingerprint density at radius 1 is 1.35 bits per heavy atom. The van der Waals surface area contributed by atoms with Crippen LogP contribution >= 0.6 is 0 Å². The number of nitrogens with zero attached hydrogens (tertiary/aromatic N) is 3. The highest BCUT2D eigenvalue weighted by molar-refractivity contribution is 5.93. The van der Waals surface area contributed by atoms with Crippen LogP contribution in [0.2, 0.25) is 0 Å². The summed E-state index contributed by atoms with van der Waals surface area (Å²) in [7, 11) is 1.80. The molecular formula is C16H24N4O3. The van der Waals surface area contributed by atoms with E-state index in [9.17, 15) is 9.59 Å². The van der Waals surface area contributed by atoms with E-state index >= 15 is 0 Å². The van der Waals surface area contributed by atoms with E-state index < -0.39 is 5.60 Å². The molecule has 1 aromatic rings. The van der Waals surface area contributed by atoms with Crippen molar-refractivity contribution in [2.24, 2.45) is 13.0 Å². The van der Waals surface area contributed by atoms with Gasteiger partial charge in [-0.25, -0.2) is 4.79 Å². The topological polar surface area (TPSA) is 76.5 Å². The zero-order chi connectivity index (χ0) is 16.8. The summed E-state index contributed by atoms with van der Waals surface area (Å²) < 4.78 is 7.14. The molecule has 3 heterocycles. The van der Waals surface area contributed by atoms with Gasteiger partial charge in [-0.05, 0) is 40.0 Å². The lowest BCUT2D eigenvalue weighted by Gasteiger charge is -2.28. The normalized spacial score (nSPS) is 26.4. The van der Waals surface area contributed by atoms with Gasteiger partial charge in [-0.1, -0.05) is 0 Å². The highest BCUT2D eigenvalue weighted by Gasteiger charge is 2.52. The molecule has 7 nitrogen and oxygen atoms in total. The molecule has 2 bridgehead atoms. The number of nitrogens with one attached hydrogen (secondary N) is 1. The fraction of sp³-hybridized carbons (Fsp3) is 0.688. The third-order valence-corrected chi connectivity index (χ3v) is 4.45. The summed E-state index contributed by atoms with van der Waals surface area (Å²) in [6, 6.07) is 0.0472. The minimum absolute atomic E-state index is 0.0428. The summed E-state index contributed by atoms with van der Waals surface area (Å²) in [5, 5.41) is 6.94. The lowest BCUT2D eigenvalue weighted by Crippen LogP contribution is -2.42. The summed E-state index contributed by atoms with van der Waals surface area (Å²) in [6.07, 6.45) is 5.58. The van der Waals surface area contributed by atoms with Gasteiger partial charge in [0.25, 0.3) is 0 Å². The van der Waals surface area contributed by atoms with Crippen LogP contribution in [0.5, 0.6) is 0 Å². The van der Waals surface area contributed by atoms with Gasteiger partial charge in [0.15, 0.2) is 0 Å². The first-order chi connectivity index (χ1) is 10.7. The number of rotatable bonds is 2. The van der Waals surface area contributed by atoms with Crippen LogP contribution in [0.15, 0.2) is 12.4 Å². The van der Waals surface area contributed by atoms with Crippen LogP contribution in [-0.4, -0.2) is 44.4 Å². The molecule has 0 aromatic carbocycles. The second-order valence-electron chi connectivity index (χ2n) is 7.42. The molecule has 1 aromatic heterocycles. The lowest BCUT2D eigenvalue weighted by atomic mass is 9.88. The zero-order valence-corrected chi connectivity index (χ0v) is 14.1. The maximum atomic E-state index is 12.5. The third kappa shape index (κ3) is 3.18. The Balaban J connectivity index is 1.67. The first kappa shape index (κ1) is 15.8. The predicted molar refractivity (Wildman–Crippen MR) is 84.8 cm³/mol. The Kier molecular flexibility index (Phi) is 3.82. The van der Waals surface area contributed by atoms with E-state index in [2.05, 4.69) is 10.4 Å². The van der Waals surface area contributed by atoms with Gasteiger partial charge in [0, 0.05) is 25.3 Å². The van der Waals surface area contributed by atoms with Gasteiger partial charge in [-0.3, -0.25) is 9.48 Å². The van der Waals surface area contributed by atoms with Gasteiger partial charge in [0.1, 0.15) is 5.60 Å². The molecule has 2 saturated heterocycles. The van der Waals surface area contributed by atoms with Crippen LogP contribution in [0.4, 0.5) is 10.5 Å². The van der Waals surface area contributed by atoms with Gasteiger partial charge >= 0.3 is 6.09 Å². The molecule has 3 atom stereocenters. The van der Waals surface area contributed by atoms with E-state index in [-0.39, 0.29) is 30.0 Å². The minimum Gasteiger partial charge on any atom is -0.444 e. The van der Waals surface area contributed by atoms with Gasteiger partial charge in [0.2, 0.25) is 5.91 Å². The van der Waals surface area contributed by atoms with Crippen molar-refractivity contribution < 1.29 is 14.3 Å². The molecule has 2 amide bonds. The molecule has 23 heavy (non-hydrogen) atoms. The lowest BCUT2D eigenvalue weighted by molar-refractivity contribution is -0.120. The van der Waals surface area contributed by atoms with Gasteiger partial charge in [-0.15, -0.1) is 0 Å². The van der Waals surface area contributed by atoms with E-state index in [4.69, 9.17) is 4.74 Å². The summed E-state index contributed by atoms with van der Waals surface area (Å²) in [4.78, 5) is 26.7. The second-order valence-corrected chi connectivity index (χ2v) is 7.42. The summed E-state index contributed by atoms with van der Waals surface area (Å²) >= 11 is 0. The number of carbonyl (C=O) groups excluding carboxylic acids is 2. The number of amides is 2. The Morgan fingerprint density at radius 2 is 2.09 bits per heavy atom. The van der Waals surface area contributed by atoms with Crippen LogP contribution in [-0.2, 0) is 16.6 Å². The molecule has 0 spiro atoms. The van der Waals surface area contributed by atoms with E-state index in [1.807, 2.05) is 20.8 Å². The van der Waals surface area contributed by atoms with E-state index in [0.717, 1.165) is 12.8 Å². The van der Waals surface area contributed by atoms with Gasteiger partial charge in [0.05, 0.1) is 17.8 Å². The van der Waals surface area contributed by atoms with E-state index in [1.165, 1.54) is 0 Å². The number of hydrogen-bond acceptors (Lipinski definition) is 4. The number of aryl methyl sites for hydroxylation is 1. The number of ether oxygens (including phenoxy) is 1. The number of fused-ring (bicyclic) bond motifs is 2. The van der Waals surface area contributed by atoms with Crippen molar-refractivity contribution in [3.8, 4) is 0 Å². The molecular weight excluding hydrogens is 296 g/mol. The predicted octanol–water partition coefficient (Wildman–Crippen LogP) is 2.15. The molecule has 3 unspecified atom stereocenters. The fourth-order valence-corrected chi connectivity index (χ4v) is 3.59. The van der Waals surface area contributed by atoms with Crippen molar-refractivity contribution in [1.82, 2.24) is 14.7 Å². The summed E-state index contributed by atoms with van der Waals surface area (Å²) in [6.45, 7) is 5.57. The molecule has 2 aliphatic heterocycles. The molecule has 2 fully saturated rings. The van der Waals surface area contributed by atoms with E-state index in [0.29, 0.717) is 12.1 Å². The number of hydrogen-bond donors (Lipinski definition) is 1.